The van der Waals surface area contributed by atoms with Gasteiger partial charge < -0.3 is 9.72 Å². The lowest BCUT2D eigenvalue weighted by atomic mass is 10.0. The van der Waals surface area contributed by atoms with E-state index in [-0.39, 0.29) is 0 Å². The second kappa shape index (κ2) is 6.58. The molecule has 0 aliphatic carbocycles. The Morgan fingerprint density at radius 3 is 2.90 bits per heavy atom. The molecule has 2 aromatic heterocycles. The molecule has 114 valence electrons. The van der Waals surface area contributed by atoms with E-state index in [2.05, 4.69) is 53.0 Å². The van der Waals surface area contributed by atoms with Crippen molar-refractivity contribution in [2.75, 3.05) is 19.6 Å². The van der Waals surface area contributed by atoms with Crippen LogP contribution in [0.5, 0.6) is 0 Å². The van der Waals surface area contributed by atoms with Gasteiger partial charge in [-0.2, -0.15) is 0 Å². The molecule has 0 amide bonds. The van der Waals surface area contributed by atoms with Crippen molar-refractivity contribution in [1.82, 2.24) is 19.6 Å². The summed E-state index contributed by atoms with van der Waals surface area (Å²) in [5, 5.41) is 3.46. The molecule has 0 spiro atoms. The third-order valence-electron chi connectivity index (χ3n) is 4.43. The van der Waals surface area contributed by atoms with E-state index < -0.39 is 0 Å². The lowest BCUT2D eigenvalue weighted by molar-refractivity contribution is 0.152. The predicted octanol–water partition coefficient (Wildman–Crippen LogP) is 2.61. The van der Waals surface area contributed by atoms with Crippen LogP contribution in [0.4, 0.5) is 0 Å². The van der Waals surface area contributed by atoms with Gasteiger partial charge in [0, 0.05) is 25.0 Å². The molecular weight excluding hydrogens is 260 g/mol. The summed E-state index contributed by atoms with van der Waals surface area (Å²) in [6.07, 6.45) is 7.99. The molecule has 4 heteroatoms. The molecule has 1 aliphatic rings. The predicted molar refractivity (Wildman–Crippen MR) is 86.5 cm³/mol. The quantitative estimate of drug-likeness (QED) is 0.917. The minimum Gasteiger partial charge on any atom is -0.317 e. The Hall–Kier alpha value is -1.39. The first-order chi connectivity index (χ1) is 10.3. The van der Waals surface area contributed by atoms with Crippen molar-refractivity contribution in [1.29, 1.82) is 0 Å². The smallest absolute Gasteiger partial charge is 0.139 e. The molecule has 4 nitrogen and oxygen atoms in total. The van der Waals surface area contributed by atoms with E-state index in [1.807, 2.05) is 0 Å². The van der Waals surface area contributed by atoms with Gasteiger partial charge in [0.15, 0.2) is 0 Å². The zero-order chi connectivity index (χ0) is 14.7. The summed E-state index contributed by atoms with van der Waals surface area (Å²) in [6, 6.07) is 4.92. The van der Waals surface area contributed by atoms with Gasteiger partial charge in [-0.3, -0.25) is 4.90 Å². The average Bonchev–Trinajstić information content (AvgIpc) is 2.92. The van der Waals surface area contributed by atoms with Gasteiger partial charge in [-0.25, -0.2) is 4.98 Å². The van der Waals surface area contributed by atoms with Crippen LogP contribution >= 0.6 is 0 Å². The molecule has 3 heterocycles. The summed E-state index contributed by atoms with van der Waals surface area (Å²) in [4.78, 5) is 7.46. The standard InChI is InChI=1S/C17H26N4/c1-3-10-20(16-6-8-18-9-7-16)12-15-13-21-11-4-5-14(2)17(21)19-15/h4-5,11,13,16,18H,3,6-10,12H2,1-2H3. The first-order valence-electron chi connectivity index (χ1n) is 8.16. The Morgan fingerprint density at radius 2 is 2.19 bits per heavy atom. The molecule has 21 heavy (non-hydrogen) atoms. The number of imidazole rings is 1. The number of hydrogen-bond acceptors (Lipinski definition) is 3. The van der Waals surface area contributed by atoms with Crippen molar-refractivity contribution in [3.8, 4) is 0 Å². The molecule has 0 atom stereocenters. The first kappa shape index (κ1) is 14.5. The lowest BCUT2D eigenvalue weighted by Crippen LogP contribution is -2.43. The largest absolute Gasteiger partial charge is 0.317 e. The highest BCUT2D eigenvalue weighted by molar-refractivity contribution is 5.47. The summed E-state index contributed by atoms with van der Waals surface area (Å²) in [7, 11) is 0. The number of pyridine rings is 1. The number of nitrogens with one attached hydrogen (secondary N) is 1. The van der Waals surface area contributed by atoms with Gasteiger partial charge in [0.25, 0.3) is 0 Å². The Balaban J connectivity index is 1.78. The molecule has 0 saturated carbocycles. The number of rotatable bonds is 5. The molecule has 1 saturated heterocycles. The van der Waals surface area contributed by atoms with E-state index >= 15 is 0 Å². The van der Waals surface area contributed by atoms with Crippen molar-refractivity contribution in [3.05, 3.63) is 35.8 Å². The number of nitrogens with zero attached hydrogens (tertiary/aromatic N) is 3. The van der Waals surface area contributed by atoms with Gasteiger partial charge in [0.2, 0.25) is 0 Å². The molecular formula is C17H26N4. The molecule has 0 unspecified atom stereocenters. The zero-order valence-electron chi connectivity index (χ0n) is 13.2. The molecule has 3 rings (SSSR count). The minimum absolute atomic E-state index is 0.706. The van der Waals surface area contributed by atoms with Crippen LogP contribution in [-0.2, 0) is 6.54 Å². The zero-order valence-corrected chi connectivity index (χ0v) is 13.2. The molecule has 1 fully saturated rings. The Bertz CT molecular complexity index is 583. The third-order valence-corrected chi connectivity index (χ3v) is 4.43. The summed E-state index contributed by atoms with van der Waals surface area (Å²) >= 11 is 0. The van der Waals surface area contributed by atoms with Gasteiger partial charge in [-0.1, -0.05) is 13.0 Å². The van der Waals surface area contributed by atoms with Crippen LogP contribution in [0.25, 0.3) is 5.65 Å². The highest BCUT2D eigenvalue weighted by Gasteiger charge is 2.21. The van der Waals surface area contributed by atoms with E-state index in [4.69, 9.17) is 4.98 Å². The van der Waals surface area contributed by atoms with Crippen LogP contribution in [0, 0.1) is 6.92 Å². The summed E-state index contributed by atoms with van der Waals surface area (Å²) in [5.41, 5.74) is 3.53. The average molecular weight is 286 g/mol. The van der Waals surface area contributed by atoms with Gasteiger partial charge >= 0.3 is 0 Å². The van der Waals surface area contributed by atoms with Crippen LogP contribution in [0.1, 0.15) is 37.4 Å². The fourth-order valence-corrected chi connectivity index (χ4v) is 3.34. The van der Waals surface area contributed by atoms with Gasteiger partial charge in [-0.05, 0) is 57.5 Å². The van der Waals surface area contributed by atoms with Gasteiger partial charge in [-0.15, -0.1) is 0 Å². The number of hydrogen-bond donors (Lipinski definition) is 1. The topological polar surface area (TPSA) is 32.6 Å². The van der Waals surface area contributed by atoms with Gasteiger partial charge in [0.05, 0.1) is 5.69 Å². The van der Waals surface area contributed by atoms with Crippen molar-refractivity contribution < 1.29 is 0 Å². The lowest BCUT2D eigenvalue weighted by Gasteiger charge is -2.34. The molecule has 1 aliphatic heterocycles. The van der Waals surface area contributed by atoms with Crippen molar-refractivity contribution in [3.63, 3.8) is 0 Å². The van der Waals surface area contributed by atoms with E-state index in [9.17, 15) is 0 Å². The maximum atomic E-state index is 4.83. The first-order valence-corrected chi connectivity index (χ1v) is 8.16. The highest BCUT2D eigenvalue weighted by atomic mass is 15.2. The fourth-order valence-electron chi connectivity index (χ4n) is 3.34. The Labute approximate surface area is 127 Å². The highest BCUT2D eigenvalue weighted by Crippen LogP contribution is 2.17. The normalized spacial score (nSPS) is 16.9. The number of aryl methyl sites for hydroxylation is 1. The molecule has 0 aromatic carbocycles. The summed E-state index contributed by atoms with van der Waals surface area (Å²) < 4.78 is 2.15. The Morgan fingerprint density at radius 1 is 1.38 bits per heavy atom. The maximum absolute atomic E-state index is 4.83. The minimum atomic E-state index is 0.706. The summed E-state index contributed by atoms with van der Waals surface area (Å²) in [5.74, 6) is 0. The SMILES string of the molecule is CCCN(Cc1cn2cccc(C)c2n1)C1CCNCC1. The van der Waals surface area contributed by atoms with E-state index in [0.717, 1.165) is 31.8 Å². The van der Waals surface area contributed by atoms with E-state index in [0.29, 0.717) is 6.04 Å². The van der Waals surface area contributed by atoms with Crippen molar-refractivity contribution in [2.45, 2.75) is 45.7 Å². The number of piperidine rings is 1. The van der Waals surface area contributed by atoms with Crippen molar-refractivity contribution in [2.24, 2.45) is 0 Å². The third kappa shape index (κ3) is 3.27. The van der Waals surface area contributed by atoms with Crippen LogP contribution in [-0.4, -0.2) is 40.0 Å². The van der Waals surface area contributed by atoms with Crippen LogP contribution in [0.2, 0.25) is 0 Å². The second-order valence-electron chi connectivity index (χ2n) is 6.11. The van der Waals surface area contributed by atoms with E-state index in [1.54, 1.807) is 0 Å². The van der Waals surface area contributed by atoms with Gasteiger partial charge in [0.1, 0.15) is 5.65 Å². The molecule has 1 N–H and O–H groups in total. The maximum Gasteiger partial charge on any atom is 0.139 e. The monoisotopic (exact) mass is 286 g/mol. The number of aromatic nitrogens is 2. The van der Waals surface area contributed by atoms with Crippen LogP contribution in [0.15, 0.2) is 24.5 Å². The van der Waals surface area contributed by atoms with E-state index in [1.165, 1.54) is 30.5 Å². The fraction of sp³-hybridized carbons (Fsp3) is 0.588. The molecule has 0 radical (unpaired) electrons. The summed E-state index contributed by atoms with van der Waals surface area (Å²) in [6.45, 7) is 8.83. The Kier molecular flexibility index (Phi) is 4.56. The van der Waals surface area contributed by atoms with Crippen LogP contribution < -0.4 is 5.32 Å². The molecule has 2 aromatic rings. The second-order valence-corrected chi connectivity index (χ2v) is 6.11. The van der Waals surface area contributed by atoms with Crippen molar-refractivity contribution >= 4 is 5.65 Å². The number of fused-ring (bicyclic) bond motifs is 1. The molecule has 0 bridgehead atoms. The van der Waals surface area contributed by atoms with Crippen LogP contribution in [0.3, 0.4) is 0 Å².